The molecule has 154 valence electrons. The van der Waals surface area contributed by atoms with Gasteiger partial charge in [0.15, 0.2) is 0 Å². The molecule has 6 atom stereocenters. The third-order valence-electron chi connectivity index (χ3n) is 8.37. The first-order valence-electron chi connectivity index (χ1n) is 11.3. The number of amides is 2. The van der Waals surface area contributed by atoms with Crippen molar-refractivity contribution in [3.8, 4) is 0 Å². The SMILES string of the molecule is O=C1[C@@H]2C3C(=Cc4ccc(Cl)cc4)C(C4=C3C3CCC4C3)[C@@H]2C(=O)N1c1ccccc1. The number of anilines is 1. The molecule has 4 bridgehead atoms. The van der Waals surface area contributed by atoms with Crippen LogP contribution in [0.5, 0.6) is 0 Å². The molecule has 31 heavy (non-hydrogen) atoms. The molecule has 7 rings (SSSR count). The molecule has 5 aliphatic rings. The molecule has 2 saturated carbocycles. The van der Waals surface area contributed by atoms with Gasteiger partial charge >= 0.3 is 0 Å². The van der Waals surface area contributed by atoms with Gasteiger partial charge in [-0.05, 0) is 60.9 Å². The molecule has 2 aromatic carbocycles. The summed E-state index contributed by atoms with van der Waals surface area (Å²) in [6.07, 6.45) is 5.96. The van der Waals surface area contributed by atoms with E-state index in [1.165, 1.54) is 40.9 Å². The van der Waals surface area contributed by atoms with Crippen molar-refractivity contribution in [3.05, 3.63) is 81.9 Å². The van der Waals surface area contributed by atoms with Crippen molar-refractivity contribution in [3.63, 3.8) is 0 Å². The predicted molar refractivity (Wildman–Crippen MR) is 120 cm³/mol. The van der Waals surface area contributed by atoms with Crippen LogP contribution in [-0.4, -0.2) is 11.8 Å². The van der Waals surface area contributed by atoms with Crippen LogP contribution >= 0.6 is 11.6 Å². The quantitative estimate of drug-likeness (QED) is 0.359. The van der Waals surface area contributed by atoms with Crippen LogP contribution in [0.4, 0.5) is 5.69 Å². The maximum Gasteiger partial charge on any atom is 0.238 e. The van der Waals surface area contributed by atoms with Crippen LogP contribution in [0.1, 0.15) is 24.8 Å². The highest BCUT2D eigenvalue weighted by Gasteiger charge is 2.69. The van der Waals surface area contributed by atoms with Crippen molar-refractivity contribution in [2.75, 3.05) is 4.90 Å². The fraction of sp³-hybridized carbons (Fsp3) is 0.333. The average molecular weight is 428 g/mol. The van der Waals surface area contributed by atoms with E-state index in [-0.39, 0.29) is 35.5 Å². The highest BCUT2D eigenvalue weighted by Crippen LogP contribution is 2.70. The largest absolute Gasteiger partial charge is 0.274 e. The molecule has 4 unspecified atom stereocenters. The van der Waals surface area contributed by atoms with Crippen LogP contribution < -0.4 is 4.90 Å². The Balaban J connectivity index is 1.36. The molecule has 3 nitrogen and oxygen atoms in total. The van der Waals surface area contributed by atoms with E-state index in [1.807, 2.05) is 54.6 Å². The van der Waals surface area contributed by atoms with Gasteiger partial charge in [-0.3, -0.25) is 9.59 Å². The first-order valence-corrected chi connectivity index (χ1v) is 11.6. The fourth-order valence-corrected chi connectivity index (χ4v) is 7.54. The number of para-hydroxylation sites is 1. The number of carbonyl (C=O) groups is 2. The smallest absolute Gasteiger partial charge is 0.238 e. The average Bonchev–Trinajstić information content (AvgIpc) is 3.57. The minimum absolute atomic E-state index is 0.00923. The van der Waals surface area contributed by atoms with E-state index in [2.05, 4.69) is 6.08 Å². The predicted octanol–water partition coefficient (Wildman–Crippen LogP) is 5.52. The molecule has 0 radical (unpaired) electrons. The van der Waals surface area contributed by atoms with Crippen molar-refractivity contribution >= 4 is 35.2 Å². The number of halogens is 1. The summed E-state index contributed by atoms with van der Waals surface area (Å²) in [5, 5.41) is 0.718. The van der Waals surface area contributed by atoms with E-state index in [9.17, 15) is 9.59 Å². The Morgan fingerprint density at radius 2 is 1.39 bits per heavy atom. The number of benzene rings is 2. The van der Waals surface area contributed by atoms with Gasteiger partial charge < -0.3 is 0 Å². The Hall–Kier alpha value is -2.65. The van der Waals surface area contributed by atoms with E-state index < -0.39 is 0 Å². The standard InChI is InChI=1S/C27H22ClNO2/c28-17-10-6-14(7-11-17)12-19-22-20-15-8-9-16(13-15)21(20)23(19)25-24(22)26(30)29(27(25)31)18-4-2-1-3-5-18/h1-7,10-12,15-16,22-25H,8-9,13H2/t15?,16?,22?,23?,24-,25+. The Labute approximate surface area is 186 Å². The number of carbonyl (C=O) groups excluding carboxylic acids is 2. The lowest BCUT2D eigenvalue weighted by molar-refractivity contribution is -0.123. The molecule has 0 N–H and O–H groups in total. The number of rotatable bonds is 2. The summed E-state index contributed by atoms with van der Waals surface area (Å²) in [7, 11) is 0. The number of fused-ring (bicyclic) bond motifs is 11. The van der Waals surface area contributed by atoms with E-state index >= 15 is 0 Å². The first kappa shape index (κ1) is 18.0. The number of nitrogens with zero attached hydrogens (tertiary/aromatic N) is 1. The Kier molecular flexibility index (Phi) is 3.59. The van der Waals surface area contributed by atoms with Crippen LogP contribution in [-0.2, 0) is 9.59 Å². The number of allylic oxidation sites excluding steroid dienone is 3. The first-order chi connectivity index (χ1) is 15.1. The van der Waals surface area contributed by atoms with E-state index in [0.29, 0.717) is 17.5 Å². The van der Waals surface area contributed by atoms with Gasteiger partial charge in [0.05, 0.1) is 17.5 Å². The number of imide groups is 1. The van der Waals surface area contributed by atoms with Crippen molar-refractivity contribution in [1.82, 2.24) is 0 Å². The van der Waals surface area contributed by atoms with Crippen molar-refractivity contribution in [2.24, 2.45) is 35.5 Å². The molecule has 0 spiro atoms. The van der Waals surface area contributed by atoms with E-state index in [1.54, 1.807) is 0 Å². The van der Waals surface area contributed by atoms with Crippen LogP contribution in [0.2, 0.25) is 5.02 Å². The van der Waals surface area contributed by atoms with Gasteiger partial charge in [-0.1, -0.05) is 64.7 Å². The van der Waals surface area contributed by atoms with Gasteiger partial charge in [0, 0.05) is 16.9 Å². The zero-order valence-electron chi connectivity index (χ0n) is 17.0. The molecular formula is C27H22ClNO2. The highest BCUT2D eigenvalue weighted by molar-refractivity contribution is 6.30. The summed E-state index contributed by atoms with van der Waals surface area (Å²) in [6.45, 7) is 0. The maximum atomic E-state index is 13.7. The molecule has 4 heteroatoms. The molecule has 1 saturated heterocycles. The van der Waals surface area contributed by atoms with E-state index in [4.69, 9.17) is 11.6 Å². The topological polar surface area (TPSA) is 37.4 Å². The normalized spacial score (nSPS) is 36.2. The number of hydrogen-bond donors (Lipinski definition) is 0. The molecule has 1 heterocycles. The minimum Gasteiger partial charge on any atom is -0.274 e. The van der Waals surface area contributed by atoms with Crippen molar-refractivity contribution in [1.29, 1.82) is 0 Å². The Morgan fingerprint density at radius 1 is 0.806 bits per heavy atom. The van der Waals surface area contributed by atoms with E-state index in [0.717, 1.165) is 10.6 Å². The van der Waals surface area contributed by atoms with Gasteiger partial charge in [0.25, 0.3) is 0 Å². The summed E-state index contributed by atoms with van der Waals surface area (Å²) >= 11 is 6.09. The lowest BCUT2D eigenvalue weighted by atomic mass is 9.72. The third-order valence-corrected chi connectivity index (χ3v) is 8.62. The third kappa shape index (κ3) is 2.25. The second kappa shape index (κ2) is 6.20. The van der Waals surface area contributed by atoms with Gasteiger partial charge in [-0.2, -0.15) is 0 Å². The lowest BCUT2D eigenvalue weighted by Crippen LogP contribution is -2.33. The molecule has 2 amide bonds. The monoisotopic (exact) mass is 427 g/mol. The zero-order valence-corrected chi connectivity index (χ0v) is 17.8. The summed E-state index contributed by atoms with van der Waals surface area (Å²) < 4.78 is 0. The lowest BCUT2D eigenvalue weighted by Gasteiger charge is -2.28. The maximum absolute atomic E-state index is 13.7. The fourth-order valence-electron chi connectivity index (χ4n) is 7.42. The second-order valence-electron chi connectivity index (χ2n) is 9.67. The molecule has 4 aliphatic carbocycles. The van der Waals surface area contributed by atoms with Crippen LogP contribution in [0.15, 0.2) is 71.3 Å². The van der Waals surface area contributed by atoms with Crippen molar-refractivity contribution in [2.45, 2.75) is 19.3 Å². The summed E-state index contributed by atoms with van der Waals surface area (Å²) in [4.78, 5) is 28.8. The van der Waals surface area contributed by atoms with Crippen LogP contribution in [0.25, 0.3) is 6.08 Å². The van der Waals surface area contributed by atoms with Crippen LogP contribution in [0.3, 0.4) is 0 Å². The number of hydrogen-bond acceptors (Lipinski definition) is 2. The molecular weight excluding hydrogens is 406 g/mol. The summed E-state index contributed by atoms with van der Waals surface area (Å²) in [5.41, 5.74) is 6.16. The van der Waals surface area contributed by atoms with Gasteiger partial charge in [-0.25, -0.2) is 4.90 Å². The van der Waals surface area contributed by atoms with Gasteiger partial charge in [0.2, 0.25) is 11.8 Å². The Bertz CT molecular complexity index is 1150. The summed E-state index contributed by atoms with van der Waals surface area (Å²) in [5.74, 6) is 0.914. The van der Waals surface area contributed by atoms with Crippen LogP contribution in [0, 0.1) is 35.5 Å². The minimum atomic E-state index is -0.241. The zero-order chi connectivity index (χ0) is 20.9. The molecule has 1 aliphatic heterocycles. The molecule has 2 aromatic rings. The Morgan fingerprint density at radius 3 is 1.97 bits per heavy atom. The van der Waals surface area contributed by atoms with Crippen molar-refractivity contribution < 1.29 is 9.59 Å². The molecule has 3 fully saturated rings. The highest BCUT2D eigenvalue weighted by atomic mass is 35.5. The summed E-state index contributed by atoms with van der Waals surface area (Å²) in [6, 6.07) is 17.3. The molecule has 0 aromatic heterocycles. The van der Waals surface area contributed by atoms with Gasteiger partial charge in [-0.15, -0.1) is 0 Å². The van der Waals surface area contributed by atoms with Gasteiger partial charge in [0.1, 0.15) is 0 Å². The second-order valence-corrected chi connectivity index (χ2v) is 10.1.